The summed E-state index contributed by atoms with van der Waals surface area (Å²) in [5, 5.41) is 7.52. The minimum absolute atomic E-state index is 0.876. The first-order valence-corrected chi connectivity index (χ1v) is 10.2. The maximum absolute atomic E-state index is 3.61. The largest absolute Gasteiger partial charge is 0.361 e. The van der Waals surface area contributed by atoms with E-state index in [2.05, 4.69) is 107 Å². The lowest BCUT2D eigenvalue weighted by atomic mass is 9.97. The van der Waals surface area contributed by atoms with E-state index >= 15 is 0 Å². The number of fused-ring (bicyclic) bond motifs is 2. The van der Waals surface area contributed by atoms with E-state index < -0.39 is 0 Å². The smallest absolute Gasteiger partial charge is 0.0456 e. The van der Waals surface area contributed by atoms with Crippen molar-refractivity contribution in [3.63, 3.8) is 0 Å². The monoisotopic (exact) mass is 376 g/mol. The highest BCUT2D eigenvalue weighted by Crippen LogP contribution is 2.29. The van der Waals surface area contributed by atoms with Crippen molar-refractivity contribution >= 4 is 21.7 Å². The van der Waals surface area contributed by atoms with Gasteiger partial charge < -0.3 is 10.3 Å². The Labute approximate surface area is 171 Å². The van der Waals surface area contributed by atoms with Crippen LogP contribution in [-0.2, 0) is 13.0 Å². The number of rotatable bonds is 6. The van der Waals surface area contributed by atoms with Crippen molar-refractivity contribution in [3.8, 4) is 11.1 Å². The number of benzene rings is 4. The maximum atomic E-state index is 3.61. The molecule has 0 aliphatic carbocycles. The molecule has 0 atom stereocenters. The minimum Gasteiger partial charge on any atom is -0.361 e. The standard InChI is InChI=1S/C27H24N2/c1-2-11-24-21(8-1)9-6-13-25(24)22-10-5-7-20(17-22)18-28-16-15-23-19-29-27-14-4-3-12-26(23)27/h1-14,17,19,28-29H,15-16,18H2. The molecule has 2 N–H and O–H groups in total. The molecule has 4 aromatic carbocycles. The van der Waals surface area contributed by atoms with Crippen molar-refractivity contribution in [2.75, 3.05) is 6.54 Å². The molecule has 0 aliphatic heterocycles. The fourth-order valence-electron chi connectivity index (χ4n) is 4.12. The summed E-state index contributed by atoms with van der Waals surface area (Å²) < 4.78 is 0. The van der Waals surface area contributed by atoms with Crippen LogP contribution in [0.25, 0.3) is 32.8 Å². The van der Waals surface area contributed by atoms with Gasteiger partial charge >= 0.3 is 0 Å². The number of para-hydroxylation sites is 1. The topological polar surface area (TPSA) is 27.8 Å². The molecule has 0 bridgehead atoms. The van der Waals surface area contributed by atoms with E-state index in [1.54, 1.807) is 0 Å². The van der Waals surface area contributed by atoms with Gasteiger partial charge in [0.1, 0.15) is 0 Å². The molecule has 5 rings (SSSR count). The number of H-pyrrole nitrogens is 1. The van der Waals surface area contributed by atoms with Gasteiger partial charge in [0.2, 0.25) is 0 Å². The van der Waals surface area contributed by atoms with Crippen molar-refractivity contribution in [2.24, 2.45) is 0 Å². The Bertz CT molecular complexity index is 1260. The number of hydrogen-bond acceptors (Lipinski definition) is 1. The highest BCUT2D eigenvalue weighted by atomic mass is 14.8. The van der Waals surface area contributed by atoms with E-state index in [9.17, 15) is 0 Å². The van der Waals surface area contributed by atoms with Gasteiger partial charge in [0.25, 0.3) is 0 Å². The maximum Gasteiger partial charge on any atom is 0.0456 e. The molecule has 2 heteroatoms. The van der Waals surface area contributed by atoms with Crippen molar-refractivity contribution in [3.05, 3.63) is 108 Å². The Morgan fingerprint density at radius 3 is 2.48 bits per heavy atom. The quantitative estimate of drug-likeness (QED) is 0.333. The van der Waals surface area contributed by atoms with Crippen molar-refractivity contribution < 1.29 is 0 Å². The molecule has 0 amide bonds. The molecule has 0 unspecified atom stereocenters. The van der Waals surface area contributed by atoms with Gasteiger partial charge in [-0.1, -0.05) is 78.9 Å². The second-order valence-electron chi connectivity index (χ2n) is 7.51. The predicted molar refractivity (Wildman–Crippen MR) is 123 cm³/mol. The zero-order valence-corrected chi connectivity index (χ0v) is 16.4. The molecular weight excluding hydrogens is 352 g/mol. The molecule has 0 saturated heterocycles. The van der Waals surface area contributed by atoms with Gasteiger partial charge in [-0.2, -0.15) is 0 Å². The first kappa shape index (κ1) is 17.7. The van der Waals surface area contributed by atoms with E-state index in [1.165, 1.54) is 43.9 Å². The van der Waals surface area contributed by atoms with Crippen LogP contribution in [-0.4, -0.2) is 11.5 Å². The van der Waals surface area contributed by atoms with Crippen LogP contribution in [0.4, 0.5) is 0 Å². The Balaban J connectivity index is 1.28. The average molecular weight is 377 g/mol. The Kier molecular flexibility index (Phi) is 4.85. The van der Waals surface area contributed by atoms with Gasteiger partial charge in [0, 0.05) is 23.6 Å². The van der Waals surface area contributed by atoms with Gasteiger partial charge in [-0.15, -0.1) is 0 Å². The molecule has 1 aromatic heterocycles. The van der Waals surface area contributed by atoms with Crippen LogP contribution in [0.15, 0.2) is 97.2 Å². The van der Waals surface area contributed by atoms with Crippen molar-refractivity contribution in [2.45, 2.75) is 13.0 Å². The molecule has 0 aliphatic rings. The fourth-order valence-corrected chi connectivity index (χ4v) is 4.12. The summed E-state index contributed by atoms with van der Waals surface area (Å²) in [6, 6.07) is 32.5. The molecule has 0 saturated carbocycles. The van der Waals surface area contributed by atoms with Gasteiger partial charge in [0.15, 0.2) is 0 Å². The van der Waals surface area contributed by atoms with Crippen LogP contribution >= 0.6 is 0 Å². The Morgan fingerprint density at radius 1 is 0.724 bits per heavy atom. The minimum atomic E-state index is 0.876. The van der Waals surface area contributed by atoms with E-state index in [0.717, 1.165) is 19.5 Å². The summed E-state index contributed by atoms with van der Waals surface area (Å²) in [5.41, 5.74) is 6.47. The van der Waals surface area contributed by atoms with Crippen LogP contribution in [0, 0.1) is 0 Å². The highest BCUT2D eigenvalue weighted by Gasteiger charge is 2.05. The second kappa shape index (κ2) is 7.94. The fraction of sp³-hybridized carbons (Fsp3) is 0.111. The van der Waals surface area contributed by atoms with Gasteiger partial charge in [-0.25, -0.2) is 0 Å². The molecule has 29 heavy (non-hydrogen) atoms. The lowest BCUT2D eigenvalue weighted by Crippen LogP contribution is -2.16. The van der Waals surface area contributed by atoms with Gasteiger partial charge in [-0.3, -0.25) is 0 Å². The third kappa shape index (κ3) is 3.67. The van der Waals surface area contributed by atoms with E-state index in [1.807, 2.05) is 0 Å². The van der Waals surface area contributed by atoms with E-state index in [-0.39, 0.29) is 0 Å². The second-order valence-corrected chi connectivity index (χ2v) is 7.51. The first-order valence-electron chi connectivity index (χ1n) is 10.2. The molecule has 0 fully saturated rings. The predicted octanol–water partition coefficient (Wildman–Crippen LogP) is 6.32. The van der Waals surface area contributed by atoms with Crippen molar-refractivity contribution in [1.29, 1.82) is 0 Å². The molecular formula is C27H24N2. The van der Waals surface area contributed by atoms with Gasteiger partial charge in [-0.05, 0) is 58.1 Å². The molecule has 0 radical (unpaired) electrons. The van der Waals surface area contributed by atoms with E-state index in [4.69, 9.17) is 0 Å². The number of hydrogen-bond donors (Lipinski definition) is 2. The molecule has 1 heterocycles. The molecule has 0 spiro atoms. The Hall–Kier alpha value is -3.36. The number of aromatic amines is 1. The lowest BCUT2D eigenvalue weighted by Gasteiger charge is -2.10. The third-order valence-electron chi connectivity index (χ3n) is 5.60. The van der Waals surface area contributed by atoms with Crippen LogP contribution in [0.1, 0.15) is 11.1 Å². The zero-order chi connectivity index (χ0) is 19.5. The summed E-state index contributed by atoms with van der Waals surface area (Å²) in [6.45, 7) is 1.83. The summed E-state index contributed by atoms with van der Waals surface area (Å²) >= 11 is 0. The average Bonchev–Trinajstić information content (AvgIpc) is 3.20. The summed E-state index contributed by atoms with van der Waals surface area (Å²) in [4.78, 5) is 3.36. The molecule has 2 nitrogen and oxygen atoms in total. The van der Waals surface area contributed by atoms with Gasteiger partial charge in [0.05, 0.1) is 0 Å². The summed E-state index contributed by atoms with van der Waals surface area (Å²) in [5.74, 6) is 0. The normalized spacial score (nSPS) is 11.3. The van der Waals surface area contributed by atoms with E-state index in [0.29, 0.717) is 0 Å². The SMILES string of the molecule is c1cc(CNCCc2c[nH]c3ccccc23)cc(-c2cccc3ccccc23)c1. The zero-order valence-electron chi connectivity index (χ0n) is 16.4. The summed E-state index contributed by atoms with van der Waals surface area (Å²) in [6.07, 6.45) is 3.15. The van der Waals surface area contributed by atoms with Crippen molar-refractivity contribution in [1.82, 2.24) is 10.3 Å². The first-order chi connectivity index (χ1) is 14.4. The van der Waals surface area contributed by atoms with Crippen LogP contribution < -0.4 is 5.32 Å². The molecule has 5 aromatic rings. The van der Waals surface area contributed by atoms with Crippen LogP contribution in [0.3, 0.4) is 0 Å². The number of aromatic nitrogens is 1. The third-order valence-corrected chi connectivity index (χ3v) is 5.60. The van der Waals surface area contributed by atoms with Crippen LogP contribution in [0.2, 0.25) is 0 Å². The summed E-state index contributed by atoms with van der Waals surface area (Å²) in [7, 11) is 0. The van der Waals surface area contributed by atoms with Crippen LogP contribution in [0.5, 0.6) is 0 Å². The number of nitrogens with one attached hydrogen (secondary N) is 2. The highest BCUT2D eigenvalue weighted by molar-refractivity contribution is 5.96. The lowest BCUT2D eigenvalue weighted by molar-refractivity contribution is 0.688. The molecule has 142 valence electrons. The Morgan fingerprint density at radius 2 is 1.52 bits per heavy atom.